The van der Waals surface area contributed by atoms with Crippen LogP contribution < -0.4 is 11.0 Å². The molecule has 0 amide bonds. The van der Waals surface area contributed by atoms with Gasteiger partial charge in [-0.1, -0.05) is 17.1 Å². The van der Waals surface area contributed by atoms with Crippen molar-refractivity contribution in [1.29, 1.82) is 0 Å². The molecule has 1 aromatic carbocycles. The molecule has 0 aliphatic carbocycles. The number of pyridine rings is 2. The third kappa shape index (κ3) is 2.14. The van der Waals surface area contributed by atoms with Gasteiger partial charge < -0.3 is 0 Å². The lowest BCUT2D eigenvalue weighted by Crippen LogP contribution is -2.29. The normalized spacial score (nSPS) is 11.0. The smallest absolute Gasteiger partial charge is 0.266 e. The SMILES string of the molecule is [B]c1c(C)n(-c2ccc(F)cc2)c(=O)c2c(Cl)nccc12. The van der Waals surface area contributed by atoms with Crippen LogP contribution in [-0.2, 0) is 0 Å². The van der Waals surface area contributed by atoms with Crippen molar-refractivity contribution in [3.8, 4) is 5.69 Å². The third-order valence-corrected chi connectivity index (χ3v) is 3.71. The van der Waals surface area contributed by atoms with Crippen LogP contribution in [0.2, 0.25) is 5.15 Å². The van der Waals surface area contributed by atoms with Crippen molar-refractivity contribution in [3.05, 3.63) is 63.5 Å². The lowest BCUT2D eigenvalue weighted by Gasteiger charge is -2.15. The highest BCUT2D eigenvalue weighted by Gasteiger charge is 2.14. The topological polar surface area (TPSA) is 34.9 Å². The summed E-state index contributed by atoms with van der Waals surface area (Å²) in [5.74, 6) is -0.377. The Morgan fingerprint density at radius 2 is 1.90 bits per heavy atom. The molecular weight excluding hydrogens is 289 g/mol. The average Bonchev–Trinajstić information content (AvgIpc) is 2.47. The van der Waals surface area contributed by atoms with Gasteiger partial charge in [0.1, 0.15) is 18.8 Å². The largest absolute Gasteiger partial charge is 0.282 e. The molecule has 0 bridgehead atoms. The molecule has 102 valence electrons. The number of benzene rings is 1. The molecule has 0 fully saturated rings. The van der Waals surface area contributed by atoms with Gasteiger partial charge in [-0.25, -0.2) is 9.37 Å². The lowest BCUT2D eigenvalue weighted by molar-refractivity contribution is 0.627. The van der Waals surface area contributed by atoms with Crippen LogP contribution in [0.3, 0.4) is 0 Å². The van der Waals surface area contributed by atoms with Gasteiger partial charge in [-0.3, -0.25) is 9.36 Å². The van der Waals surface area contributed by atoms with Crippen molar-refractivity contribution in [2.45, 2.75) is 6.92 Å². The van der Waals surface area contributed by atoms with Gasteiger partial charge in [-0.05, 0) is 42.6 Å². The quantitative estimate of drug-likeness (QED) is 0.510. The van der Waals surface area contributed by atoms with E-state index in [2.05, 4.69) is 4.98 Å². The Bertz CT molecular complexity index is 906. The maximum absolute atomic E-state index is 13.1. The Morgan fingerprint density at radius 3 is 2.57 bits per heavy atom. The number of nitrogens with zero attached hydrogens (tertiary/aromatic N) is 2. The van der Waals surface area contributed by atoms with Gasteiger partial charge in [-0.2, -0.15) is 0 Å². The molecule has 0 saturated carbocycles. The molecule has 2 aromatic heterocycles. The minimum Gasteiger partial charge on any atom is -0.282 e. The van der Waals surface area contributed by atoms with E-state index in [0.29, 0.717) is 22.2 Å². The van der Waals surface area contributed by atoms with Crippen molar-refractivity contribution < 1.29 is 4.39 Å². The van der Waals surface area contributed by atoms with Gasteiger partial charge in [0.15, 0.2) is 0 Å². The van der Waals surface area contributed by atoms with Crippen molar-refractivity contribution in [1.82, 2.24) is 9.55 Å². The standard InChI is InChI=1S/C15H9BClFN2O/c1-8-13(16)11-6-7-19-14(17)12(11)15(21)20(8)10-4-2-9(18)3-5-10/h2-7H,1H3. The van der Waals surface area contributed by atoms with Gasteiger partial charge in [0.2, 0.25) is 0 Å². The molecular formula is C15H9BClFN2O. The molecule has 0 aliphatic heterocycles. The average molecular weight is 299 g/mol. The van der Waals surface area contributed by atoms with Crippen LogP contribution in [0.25, 0.3) is 16.5 Å². The first kappa shape index (κ1) is 13.8. The molecule has 0 saturated heterocycles. The Balaban J connectivity index is 2.46. The Kier molecular flexibility index (Phi) is 3.30. The second kappa shape index (κ2) is 5.00. The number of halogens is 2. The van der Waals surface area contributed by atoms with E-state index < -0.39 is 0 Å². The van der Waals surface area contributed by atoms with Crippen molar-refractivity contribution in [2.24, 2.45) is 0 Å². The molecule has 3 rings (SSSR count). The zero-order valence-electron chi connectivity index (χ0n) is 11.1. The van der Waals surface area contributed by atoms with Crippen LogP contribution in [0.1, 0.15) is 5.69 Å². The van der Waals surface area contributed by atoms with Gasteiger partial charge in [-0.15, -0.1) is 0 Å². The number of fused-ring (bicyclic) bond motifs is 1. The first-order chi connectivity index (χ1) is 10.0. The number of hydrogen-bond acceptors (Lipinski definition) is 2. The van der Waals surface area contributed by atoms with E-state index in [1.807, 2.05) is 0 Å². The highest BCUT2D eigenvalue weighted by molar-refractivity contribution is 6.42. The fraction of sp³-hybridized carbons (Fsp3) is 0.0667. The van der Waals surface area contributed by atoms with Crippen LogP contribution in [0.15, 0.2) is 41.3 Å². The monoisotopic (exact) mass is 298 g/mol. The Hall–Kier alpha value is -2.14. The Morgan fingerprint density at radius 1 is 1.24 bits per heavy atom. The van der Waals surface area contributed by atoms with Gasteiger partial charge in [0, 0.05) is 17.6 Å². The molecule has 21 heavy (non-hydrogen) atoms. The van der Waals surface area contributed by atoms with Gasteiger partial charge in [0.25, 0.3) is 5.56 Å². The summed E-state index contributed by atoms with van der Waals surface area (Å²) in [6.07, 6.45) is 1.50. The summed E-state index contributed by atoms with van der Waals surface area (Å²) in [6.45, 7) is 1.73. The molecule has 2 heterocycles. The minimum absolute atomic E-state index is 0.0973. The molecule has 6 heteroatoms. The second-order valence-corrected chi connectivity index (χ2v) is 5.00. The summed E-state index contributed by atoms with van der Waals surface area (Å²) in [7, 11) is 6.10. The maximum Gasteiger partial charge on any atom is 0.266 e. The highest BCUT2D eigenvalue weighted by atomic mass is 35.5. The molecule has 0 spiro atoms. The van der Waals surface area contributed by atoms with E-state index in [1.54, 1.807) is 13.0 Å². The van der Waals surface area contributed by atoms with Gasteiger partial charge >= 0.3 is 0 Å². The van der Waals surface area contributed by atoms with Crippen LogP contribution in [0.4, 0.5) is 4.39 Å². The number of aromatic nitrogens is 2. The first-order valence-corrected chi connectivity index (χ1v) is 6.59. The maximum atomic E-state index is 13.1. The van der Waals surface area contributed by atoms with E-state index in [1.165, 1.54) is 35.0 Å². The summed E-state index contributed by atoms with van der Waals surface area (Å²) >= 11 is 6.03. The van der Waals surface area contributed by atoms with Crippen LogP contribution in [-0.4, -0.2) is 17.4 Å². The zero-order chi connectivity index (χ0) is 15.1. The van der Waals surface area contributed by atoms with Crippen LogP contribution in [0, 0.1) is 12.7 Å². The zero-order valence-corrected chi connectivity index (χ0v) is 11.9. The predicted octanol–water partition coefficient (Wildman–Crippen LogP) is 2.28. The van der Waals surface area contributed by atoms with E-state index in [-0.39, 0.29) is 21.9 Å². The first-order valence-electron chi connectivity index (χ1n) is 6.22. The second-order valence-electron chi connectivity index (χ2n) is 4.64. The van der Waals surface area contributed by atoms with E-state index in [0.717, 1.165) is 0 Å². The molecule has 0 N–H and O–H groups in total. The fourth-order valence-electron chi connectivity index (χ4n) is 2.34. The van der Waals surface area contributed by atoms with E-state index in [4.69, 9.17) is 19.4 Å². The van der Waals surface area contributed by atoms with Crippen LogP contribution in [0.5, 0.6) is 0 Å². The third-order valence-electron chi connectivity index (χ3n) is 3.42. The highest BCUT2D eigenvalue weighted by Crippen LogP contribution is 2.18. The molecule has 2 radical (unpaired) electrons. The minimum atomic E-state index is -0.377. The number of rotatable bonds is 1. The summed E-state index contributed by atoms with van der Waals surface area (Å²) in [5, 5.41) is 0.919. The van der Waals surface area contributed by atoms with Crippen molar-refractivity contribution in [3.63, 3.8) is 0 Å². The predicted molar refractivity (Wildman–Crippen MR) is 82.4 cm³/mol. The lowest BCUT2D eigenvalue weighted by atomic mass is 9.89. The molecule has 3 nitrogen and oxygen atoms in total. The molecule has 3 aromatic rings. The van der Waals surface area contributed by atoms with E-state index >= 15 is 0 Å². The molecule has 0 unspecified atom stereocenters. The molecule has 0 aliphatic rings. The van der Waals surface area contributed by atoms with Crippen molar-refractivity contribution >= 4 is 35.7 Å². The summed E-state index contributed by atoms with van der Waals surface area (Å²) in [4.78, 5) is 16.6. The van der Waals surface area contributed by atoms with E-state index in [9.17, 15) is 9.18 Å². The molecule has 0 atom stereocenters. The summed E-state index contributed by atoms with van der Waals surface area (Å²) in [6, 6.07) is 7.25. The fourth-order valence-corrected chi connectivity index (χ4v) is 2.58. The number of hydrogen-bond donors (Lipinski definition) is 0. The van der Waals surface area contributed by atoms with Crippen molar-refractivity contribution in [2.75, 3.05) is 0 Å². The van der Waals surface area contributed by atoms with Gasteiger partial charge in [0.05, 0.1) is 5.39 Å². The van der Waals surface area contributed by atoms with Crippen LogP contribution >= 0.6 is 11.6 Å². The summed E-state index contributed by atoms with van der Waals surface area (Å²) < 4.78 is 14.5. The Labute approximate surface area is 126 Å². The summed E-state index contributed by atoms with van der Waals surface area (Å²) in [5.41, 5.74) is 1.20.